The summed E-state index contributed by atoms with van der Waals surface area (Å²) in [6.45, 7) is 0.0727. The fourth-order valence-corrected chi connectivity index (χ4v) is 2.78. The van der Waals surface area contributed by atoms with E-state index in [4.69, 9.17) is 9.47 Å². The van der Waals surface area contributed by atoms with Gasteiger partial charge in [-0.3, -0.25) is 0 Å². The Morgan fingerprint density at radius 1 is 1.19 bits per heavy atom. The SMILES string of the molecule is COc1ccc2[nH]cc(CC(NC(=O)OCc3ccccc3)C(=O)O)c2c1. The van der Waals surface area contributed by atoms with E-state index in [-0.39, 0.29) is 13.0 Å². The van der Waals surface area contributed by atoms with Gasteiger partial charge in [-0.05, 0) is 29.3 Å². The predicted molar refractivity (Wildman–Crippen MR) is 99.7 cm³/mol. The molecule has 1 atom stereocenters. The number of carbonyl (C=O) groups is 2. The zero-order valence-corrected chi connectivity index (χ0v) is 14.8. The van der Waals surface area contributed by atoms with Gasteiger partial charge in [-0.2, -0.15) is 0 Å². The summed E-state index contributed by atoms with van der Waals surface area (Å²) in [7, 11) is 1.57. The van der Waals surface area contributed by atoms with Gasteiger partial charge < -0.3 is 24.9 Å². The highest BCUT2D eigenvalue weighted by molar-refractivity contribution is 5.86. The number of nitrogens with one attached hydrogen (secondary N) is 2. The van der Waals surface area contributed by atoms with Crippen LogP contribution in [0.4, 0.5) is 4.79 Å². The number of amides is 1. The summed E-state index contributed by atoms with van der Waals surface area (Å²) < 4.78 is 10.3. The summed E-state index contributed by atoms with van der Waals surface area (Å²) >= 11 is 0. The minimum absolute atomic E-state index is 0.0727. The van der Waals surface area contributed by atoms with E-state index >= 15 is 0 Å². The van der Waals surface area contributed by atoms with E-state index in [9.17, 15) is 14.7 Å². The van der Waals surface area contributed by atoms with Crippen LogP contribution < -0.4 is 10.1 Å². The van der Waals surface area contributed by atoms with Gasteiger partial charge in [-0.15, -0.1) is 0 Å². The third-order valence-corrected chi connectivity index (χ3v) is 4.20. The lowest BCUT2D eigenvalue weighted by Gasteiger charge is -2.14. The van der Waals surface area contributed by atoms with E-state index in [1.165, 1.54) is 0 Å². The van der Waals surface area contributed by atoms with Crippen LogP contribution in [-0.2, 0) is 22.6 Å². The van der Waals surface area contributed by atoms with E-state index in [2.05, 4.69) is 10.3 Å². The second kappa shape index (κ2) is 8.27. The maximum Gasteiger partial charge on any atom is 0.408 e. The molecule has 3 aromatic rings. The maximum absolute atomic E-state index is 12.0. The monoisotopic (exact) mass is 368 g/mol. The average molecular weight is 368 g/mol. The molecule has 0 aliphatic heterocycles. The van der Waals surface area contributed by atoms with Crippen LogP contribution in [-0.4, -0.2) is 35.3 Å². The lowest BCUT2D eigenvalue weighted by Crippen LogP contribution is -2.42. The summed E-state index contributed by atoms with van der Waals surface area (Å²) in [6.07, 6.45) is 1.07. The number of fused-ring (bicyclic) bond motifs is 1. The Bertz CT molecular complexity index is 936. The molecule has 0 radical (unpaired) electrons. The summed E-state index contributed by atoms with van der Waals surface area (Å²) in [6, 6.07) is 13.6. The number of benzene rings is 2. The van der Waals surface area contributed by atoms with E-state index in [0.29, 0.717) is 5.75 Å². The summed E-state index contributed by atoms with van der Waals surface area (Å²) in [5.41, 5.74) is 2.45. The largest absolute Gasteiger partial charge is 0.497 e. The number of alkyl carbamates (subject to hydrolysis) is 1. The van der Waals surface area contributed by atoms with Gasteiger partial charge >= 0.3 is 12.1 Å². The Hall–Kier alpha value is -3.48. The van der Waals surface area contributed by atoms with Crippen molar-refractivity contribution >= 4 is 23.0 Å². The highest BCUT2D eigenvalue weighted by Gasteiger charge is 2.22. The van der Waals surface area contributed by atoms with Gasteiger partial charge in [-0.25, -0.2) is 9.59 Å². The molecule has 1 unspecified atom stereocenters. The van der Waals surface area contributed by atoms with Crippen LogP contribution >= 0.6 is 0 Å². The first-order valence-corrected chi connectivity index (χ1v) is 8.41. The molecule has 1 heterocycles. The molecule has 3 rings (SSSR count). The smallest absolute Gasteiger partial charge is 0.408 e. The standard InChI is InChI=1S/C20H20N2O5/c1-26-15-7-8-17-16(10-15)14(11-21-17)9-18(19(23)24)22-20(25)27-12-13-5-3-2-4-6-13/h2-8,10-11,18,21H,9,12H2,1H3,(H,22,25)(H,23,24). The Balaban J connectivity index is 1.67. The van der Waals surface area contributed by atoms with Crippen molar-refractivity contribution in [2.45, 2.75) is 19.1 Å². The number of hydrogen-bond acceptors (Lipinski definition) is 4. The van der Waals surface area contributed by atoms with Crippen molar-refractivity contribution in [1.29, 1.82) is 0 Å². The van der Waals surface area contributed by atoms with Crippen LogP contribution in [0.25, 0.3) is 10.9 Å². The molecule has 27 heavy (non-hydrogen) atoms. The second-order valence-corrected chi connectivity index (χ2v) is 6.03. The van der Waals surface area contributed by atoms with E-state index in [1.54, 1.807) is 13.3 Å². The van der Waals surface area contributed by atoms with Crippen LogP contribution in [0.15, 0.2) is 54.7 Å². The molecule has 0 aliphatic rings. The van der Waals surface area contributed by atoms with Crippen molar-refractivity contribution in [1.82, 2.24) is 10.3 Å². The zero-order chi connectivity index (χ0) is 19.2. The minimum atomic E-state index is -1.14. The molecule has 1 aromatic heterocycles. The van der Waals surface area contributed by atoms with E-state index in [0.717, 1.165) is 22.0 Å². The summed E-state index contributed by atoms with van der Waals surface area (Å²) in [5, 5.41) is 12.7. The number of hydrogen-bond donors (Lipinski definition) is 3. The number of H-pyrrole nitrogens is 1. The highest BCUT2D eigenvalue weighted by Crippen LogP contribution is 2.24. The Morgan fingerprint density at radius 3 is 2.67 bits per heavy atom. The first-order valence-electron chi connectivity index (χ1n) is 8.41. The molecule has 7 nitrogen and oxygen atoms in total. The average Bonchev–Trinajstić information content (AvgIpc) is 3.08. The molecule has 140 valence electrons. The number of carbonyl (C=O) groups excluding carboxylic acids is 1. The normalized spacial score (nSPS) is 11.7. The van der Waals surface area contributed by atoms with Crippen LogP contribution in [0.5, 0.6) is 5.75 Å². The zero-order valence-electron chi connectivity index (χ0n) is 14.8. The number of carboxylic acid groups (broad SMARTS) is 1. The highest BCUT2D eigenvalue weighted by atomic mass is 16.5. The van der Waals surface area contributed by atoms with Gasteiger partial charge in [0.2, 0.25) is 0 Å². The predicted octanol–water partition coefficient (Wildman–Crippen LogP) is 3.10. The number of methoxy groups -OCH3 is 1. The Labute approximate surface area is 155 Å². The van der Waals surface area contributed by atoms with Crippen molar-refractivity contribution in [2.75, 3.05) is 7.11 Å². The lowest BCUT2D eigenvalue weighted by atomic mass is 10.0. The molecular formula is C20H20N2O5. The molecule has 3 N–H and O–H groups in total. The molecule has 0 saturated heterocycles. The molecule has 0 saturated carbocycles. The molecule has 2 aromatic carbocycles. The van der Waals surface area contributed by atoms with Gasteiger partial charge in [0.05, 0.1) is 7.11 Å². The molecule has 0 aliphatic carbocycles. The van der Waals surface area contributed by atoms with Crippen molar-refractivity contribution in [3.05, 3.63) is 65.9 Å². The lowest BCUT2D eigenvalue weighted by molar-refractivity contribution is -0.139. The third-order valence-electron chi connectivity index (χ3n) is 4.20. The maximum atomic E-state index is 12.0. The van der Waals surface area contributed by atoms with Gasteiger partial charge in [0.1, 0.15) is 18.4 Å². The van der Waals surface area contributed by atoms with E-state index in [1.807, 2.05) is 48.5 Å². The molecule has 7 heteroatoms. The molecule has 0 bridgehead atoms. The minimum Gasteiger partial charge on any atom is -0.497 e. The molecule has 1 amide bonds. The fourth-order valence-electron chi connectivity index (χ4n) is 2.78. The van der Waals surface area contributed by atoms with Gasteiger partial charge in [0.25, 0.3) is 0 Å². The number of ether oxygens (including phenoxy) is 2. The molecule has 0 spiro atoms. The Kier molecular flexibility index (Phi) is 5.61. The van der Waals surface area contributed by atoms with Crippen molar-refractivity contribution in [3.8, 4) is 5.75 Å². The van der Waals surface area contributed by atoms with Gasteiger partial charge in [0.15, 0.2) is 0 Å². The Morgan fingerprint density at radius 2 is 1.96 bits per heavy atom. The quantitative estimate of drug-likeness (QED) is 0.595. The number of aliphatic carboxylic acids is 1. The third kappa shape index (κ3) is 4.58. The first-order chi connectivity index (χ1) is 13.1. The summed E-state index contributed by atoms with van der Waals surface area (Å²) in [5.74, 6) is -0.464. The fraction of sp³-hybridized carbons (Fsp3) is 0.200. The van der Waals surface area contributed by atoms with Crippen molar-refractivity contribution in [3.63, 3.8) is 0 Å². The number of rotatable bonds is 7. The number of aromatic amines is 1. The molecular weight excluding hydrogens is 348 g/mol. The number of aromatic nitrogens is 1. The van der Waals surface area contributed by atoms with Crippen molar-refractivity contribution < 1.29 is 24.2 Å². The second-order valence-electron chi connectivity index (χ2n) is 6.03. The van der Waals surface area contributed by atoms with E-state index < -0.39 is 18.1 Å². The number of carboxylic acids is 1. The van der Waals surface area contributed by atoms with Gasteiger partial charge in [0, 0.05) is 23.5 Å². The van der Waals surface area contributed by atoms with Crippen LogP contribution in [0.1, 0.15) is 11.1 Å². The van der Waals surface area contributed by atoms with Crippen LogP contribution in [0, 0.1) is 0 Å². The van der Waals surface area contributed by atoms with Crippen molar-refractivity contribution in [2.24, 2.45) is 0 Å². The molecule has 0 fully saturated rings. The first kappa shape index (κ1) is 18.3. The topological polar surface area (TPSA) is 101 Å². The van der Waals surface area contributed by atoms with Crippen LogP contribution in [0.3, 0.4) is 0 Å². The van der Waals surface area contributed by atoms with Crippen LogP contribution in [0.2, 0.25) is 0 Å². The van der Waals surface area contributed by atoms with Gasteiger partial charge in [-0.1, -0.05) is 30.3 Å². The summed E-state index contributed by atoms with van der Waals surface area (Å²) in [4.78, 5) is 26.7.